The summed E-state index contributed by atoms with van der Waals surface area (Å²) in [6.07, 6.45) is 0.793. The van der Waals surface area contributed by atoms with Crippen LogP contribution >= 0.6 is 12.0 Å². The van der Waals surface area contributed by atoms with Crippen LogP contribution in [0, 0.1) is 5.41 Å². The first-order valence-electron chi connectivity index (χ1n) is 6.01. The lowest BCUT2D eigenvalue weighted by atomic mass is 9.95. The minimum absolute atomic E-state index is 0.0631. The van der Waals surface area contributed by atoms with Gasteiger partial charge in [0.1, 0.15) is 0 Å². The van der Waals surface area contributed by atoms with Crippen LogP contribution in [0.2, 0.25) is 0 Å². The Morgan fingerprint density at radius 1 is 1.32 bits per heavy atom. The highest BCUT2D eigenvalue weighted by atomic mass is 32.2. The van der Waals surface area contributed by atoms with Crippen LogP contribution in [0.25, 0.3) is 0 Å². The maximum atomic E-state index is 11.7. The lowest BCUT2D eigenvalue weighted by Gasteiger charge is -2.17. The molecule has 0 saturated heterocycles. The molecule has 0 unspecified atom stereocenters. The lowest BCUT2D eigenvalue weighted by Crippen LogP contribution is -2.35. The van der Waals surface area contributed by atoms with Crippen molar-refractivity contribution in [1.29, 1.82) is 0 Å². The van der Waals surface area contributed by atoms with Gasteiger partial charge in [-0.05, 0) is 24.1 Å². The molecule has 6 heteroatoms. The molecule has 1 rings (SSSR count). The highest BCUT2D eigenvalue weighted by Gasteiger charge is 2.20. The van der Waals surface area contributed by atoms with Crippen molar-refractivity contribution in [3.05, 3.63) is 29.8 Å². The zero-order chi connectivity index (χ0) is 14.3. The van der Waals surface area contributed by atoms with Crippen LogP contribution in [0.3, 0.4) is 0 Å². The number of benzene rings is 1. The quantitative estimate of drug-likeness (QED) is 0.476. The second-order valence-corrected chi connectivity index (χ2v) is 5.92. The smallest absolute Gasteiger partial charge is 0.225 e. The summed E-state index contributed by atoms with van der Waals surface area (Å²) in [6.45, 7) is 6.32. The third-order valence-corrected chi connectivity index (χ3v) is 3.08. The number of amides is 1. The van der Waals surface area contributed by atoms with Gasteiger partial charge >= 0.3 is 0 Å². The van der Waals surface area contributed by atoms with E-state index in [0.29, 0.717) is 6.54 Å². The van der Waals surface area contributed by atoms with Crippen molar-refractivity contribution in [2.45, 2.75) is 32.1 Å². The molecule has 1 amide bonds. The molecule has 0 atom stereocenters. The van der Waals surface area contributed by atoms with Crippen LogP contribution in [0.4, 0.5) is 0 Å². The van der Waals surface area contributed by atoms with Gasteiger partial charge < -0.3 is 5.32 Å². The molecule has 3 N–H and O–H groups in total. The fourth-order valence-corrected chi connectivity index (χ4v) is 1.72. The van der Waals surface area contributed by atoms with Gasteiger partial charge in [-0.1, -0.05) is 32.9 Å². The van der Waals surface area contributed by atoms with Crippen molar-refractivity contribution in [1.82, 2.24) is 5.32 Å². The molecule has 0 aliphatic rings. The molecule has 0 fully saturated rings. The number of hydrogen-bond donors (Lipinski definition) is 2. The molecule has 1 aromatic rings. The lowest BCUT2D eigenvalue weighted by molar-refractivity contribution is -0.195. The first kappa shape index (κ1) is 16.0. The van der Waals surface area contributed by atoms with E-state index >= 15 is 0 Å². The summed E-state index contributed by atoms with van der Waals surface area (Å²) in [5, 5.41) is 2.91. The molecule has 0 aliphatic heterocycles. The molecule has 0 aromatic heterocycles. The number of nitrogens with two attached hydrogens (primary N) is 1. The summed E-state index contributed by atoms with van der Waals surface area (Å²) in [4.78, 5) is 16.6. The van der Waals surface area contributed by atoms with Crippen molar-refractivity contribution in [3.8, 4) is 0 Å². The van der Waals surface area contributed by atoms with Crippen molar-refractivity contribution in [2.24, 2.45) is 11.3 Å². The van der Waals surface area contributed by atoms with Gasteiger partial charge in [-0.2, -0.15) is 5.90 Å². The highest BCUT2D eigenvalue weighted by molar-refractivity contribution is 7.94. The van der Waals surface area contributed by atoms with Crippen molar-refractivity contribution in [2.75, 3.05) is 6.54 Å². The van der Waals surface area contributed by atoms with E-state index in [1.165, 1.54) is 0 Å². The standard InChI is InChI=1S/C13H20N2O3S/c1-13(2,3)12(16)15-9-8-10-4-6-11(7-5-10)19-18-17-14/h4-7H,8-9,14H2,1-3H3,(H,15,16). The molecule has 0 bridgehead atoms. The third-order valence-electron chi connectivity index (χ3n) is 2.47. The summed E-state index contributed by atoms with van der Waals surface area (Å²) < 4.78 is 4.55. The summed E-state index contributed by atoms with van der Waals surface area (Å²) >= 11 is 1.04. The van der Waals surface area contributed by atoms with Crippen LogP contribution in [0.1, 0.15) is 26.3 Å². The number of rotatable bonds is 6. The number of carbonyl (C=O) groups is 1. The normalized spacial score (nSPS) is 11.4. The minimum Gasteiger partial charge on any atom is -0.355 e. The Morgan fingerprint density at radius 3 is 2.47 bits per heavy atom. The fraction of sp³-hybridized carbons (Fsp3) is 0.462. The molecule has 0 saturated carbocycles. The Balaban J connectivity index is 2.36. The van der Waals surface area contributed by atoms with E-state index in [-0.39, 0.29) is 11.3 Å². The fourth-order valence-electron chi connectivity index (χ4n) is 1.36. The van der Waals surface area contributed by atoms with Crippen LogP contribution in [-0.2, 0) is 20.5 Å². The average molecular weight is 284 g/mol. The van der Waals surface area contributed by atoms with Crippen LogP contribution in [0.15, 0.2) is 29.2 Å². The zero-order valence-corrected chi connectivity index (χ0v) is 12.3. The topological polar surface area (TPSA) is 73.6 Å². The van der Waals surface area contributed by atoms with Crippen LogP contribution in [-0.4, -0.2) is 12.5 Å². The average Bonchev–Trinajstić information content (AvgIpc) is 2.36. The molecule has 0 spiro atoms. The summed E-state index contributed by atoms with van der Waals surface area (Å²) in [6, 6.07) is 7.77. The molecule has 0 heterocycles. The highest BCUT2D eigenvalue weighted by Crippen LogP contribution is 2.19. The van der Waals surface area contributed by atoms with Gasteiger partial charge in [-0.3, -0.25) is 4.79 Å². The van der Waals surface area contributed by atoms with Gasteiger partial charge in [-0.15, -0.1) is 9.32 Å². The van der Waals surface area contributed by atoms with E-state index in [4.69, 9.17) is 5.90 Å². The Kier molecular flexibility index (Phi) is 6.30. The van der Waals surface area contributed by atoms with Crippen molar-refractivity contribution >= 4 is 17.9 Å². The van der Waals surface area contributed by atoms with E-state index in [2.05, 4.69) is 14.6 Å². The second-order valence-electron chi connectivity index (χ2n) is 5.15. The summed E-state index contributed by atoms with van der Waals surface area (Å²) in [5.41, 5.74) is 0.798. The monoisotopic (exact) mass is 284 g/mol. The van der Waals surface area contributed by atoms with E-state index in [1.54, 1.807) is 0 Å². The Hall–Kier alpha value is -1.08. The van der Waals surface area contributed by atoms with Gasteiger partial charge in [-0.25, -0.2) is 0 Å². The molecule has 106 valence electrons. The second kappa shape index (κ2) is 7.49. The SMILES string of the molecule is CC(C)(C)C(=O)NCCc1ccc(SOON)cc1. The number of nitrogens with one attached hydrogen (secondary N) is 1. The van der Waals surface area contributed by atoms with Crippen LogP contribution in [0.5, 0.6) is 0 Å². The van der Waals surface area contributed by atoms with Gasteiger partial charge in [0, 0.05) is 16.9 Å². The van der Waals surface area contributed by atoms with Gasteiger partial charge in [0.2, 0.25) is 5.91 Å². The van der Waals surface area contributed by atoms with Gasteiger partial charge in [0.05, 0.1) is 12.0 Å². The van der Waals surface area contributed by atoms with E-state index < -0.39 is 0 Å². The maximum Gasteiger partial charge on any atom is 0.225 e. The van der Waals surface area contributed by atoms with Crippen molar-refractivity contribution < 1.29 is 14.1 Å². The third kappa shape index (κ3) is 6.07. The Bertz CT molecular complexity index is 401. The predicted molar refractivity (Wildman–Crippen MR) is 74.8 cm³/mol. The molecular formula is C13H20N2O3S. The molecular weight excluding hydrogens is 264 g/mol. The van der Waals surface area contributed by atoms with E-state index in [0.717, 1.165) is 28.9 Å². The maximum absolute atomic E-state index is 11.7. The van der Waals surface area contributed by atoms with Gasteiger partial charge in [0.25, 0.3) is 0 Å². The molecule has 19 heavy (non-hydrogen) atoms. The van der Waals surface area contributed by atoms with E-state index in [1.807, 2.05) is 45.0 Å². The molecule has 5 nitrogen and oxygen atoms in total. The first-order chi connectivity index (χ1) is 8.93. The molecule has 0 aliphatic carbocycles. The minimum atomic E-state index is -0.347. The Labute approximate surface area is 117 Å². The zero-order valence-electron chi connectivity index (χ0n) is 11.4. The van der Waals surface area contributed by atoms with Crippen LogP contribution < -0.4 is 11.2 Å². The summed E-state index contributed by atoms with van der Waals surface area (Å²) in [5.74, 6) is 4.82. The Morgan fingerprint density at radius 2 is 1.95 bits per heavy atom. The van der Waals surface area contributed by atoms with Crippen molar-refractivity contribution in [3.63, 3.8) is 0 Å². The largest absolute Gasteiger partial charge is 0.355 e. The van der Waals surface area contributed by atoms with Gasteiger partial charge in [0.15, 0.2) is 0 Å². The predicted octanol–water partition coefficient (Wildman–Crippen LogP) is 2.22. The molecule has 0 radical (unpaired) electrons. The first-order valence-corrected chi connectivity index (χ1v) is 6.75. The van der Waals surface area contributed by atoms with E-state index in [9.17, 15) is 4.79 Å². The molecule has 1 aromatic carbocycles. The number of carbonyl (C=O) groups excluding carboxylic acids is 1. The summed E-state index contributed by atoms with van der Waals surface area (Å²) in [7, 11) is 0. The number of hydrogen-bond acceptors (Lipinski definition) is 5.